The Labute approximate surface area is 233 Å². The molecule has 0 N–H and O–H groups in total. The lowest BCUT2D eigenvalue weighted by Gasteiger charge is -2.19. The Kier molecular flexibility index (Phi) is 8.83. The number of carbonyl (C=O) groups excluding carboxylic acids is 2. The van der Waals surface area contributed by atoms with Crippen LogP contribution in [0.2, 0.25) is 0 Å². The Morgan fingerprint density at radius 2 is 1.67 bits per heavy atom. The number of esters is 1. The number of rotatable bonds is 10. The van der Waals surface area contributed by atoms with Gasteiger partial charge in [-0.25, -0.2) is 0 Å². The second kappa shape index (κ2) is 12.4. The van der Waals surface area contributed by atoms with Gasteiger partial charge in [0.1, 0.15) is 24.6 Å². The number of ether oxygens (including phenoxy) is 4. The minimum atomic E-state index is -0.525. The first kappa shape index (κ1) is 27.7. The van der Waals surface area contributed by atoms with Crippen molar-refractivity contribution >= 4 is 41.0 Å². The van der Waals surface area contributed by atoms with Crippen LogP contribution in [0.25, 0.3) is 6.08 Å². The maximum Gasteiger partial charge on any atom is 0.325 e. The summed E-state index contributed by atoms with van der Waals surface area (Å²) < 4.78 is 22.0. The van der Waals surface area contributed by atoms with E-state index in [0.29, 0.717) is 41.7 Å². The Morgan fingerprint density at radius 1 is 0.949 bits per heavy atom. The van der Waals surface area contributed by atoms with Crippen LogP contribution in [0.4, 0.5) is 5.69 Å². The van der Waals surface area contributed by atoms with Crippen molar-refractivity contribution in [1.29, 1.82) is 0 Å². The molecule has 1 saturated heterocycles. The van der Waals surface area contributed by atoms with E-state index in [1.165, 1.54) is 22.5 Å². The van der Waals surface area contributed by atoms with Gasteiger partial charge in [-0.05, 0) is 79.7 Å². The first-order chi connectivity index (χ1) is 18.8. The fraction of sp³-hybridized carbons (Fsp3) is 0.233. The molecule has 1 aliphatic rings. The summed E-state index contributed by atoms with van der Waals surface area (Å²) in [7, 11) is 2.85. The minimum Gasteiger partial charge on any atom is -0.497 e. The lowest BCUT2D eigenvalue weighted by Crippen LogP contribution is -2.35. The number of benzene rings is 3. The van der Waals surface area contributed by atoms with Crippen molar-refractivity contribution in [2.24, 2.45) is 0 Å². The van der Waals surface area contributed by atoms with Gasteiger partial charge in [0.15, 0.2) is 16.6 Å². The number of carbonyl (C=O) groups is 2. The van der Waals surface area contributed by atoms with E-state index < -0.39 is 5.97 Å². The van der Waals surface area contributed by atoms with Crippen LogP contribution in [-0.2, 0) is 20.9 Å². The van der Waals surface area contributed by atoms with Crippen LogP contribution in [0, 0.1) is 6.92 Å². The van der Waals surface area contributed by atoms with Gasteiger partial charge in [0, 0.05) is 0 Å². The first-order valence-electron chi connectivity index (χ1n) is 12.4. The number of thiocarbonyl (C=S) groups is 1. The van der Waals surface area contributed by atoms with Gasteiger partial charge in [0.25, 0.3) is 5.91 Å². The van der Waals surface area contributed by atoms with Crippen molar-refractivity contribution in [2.45, 2.75) is 20.5 Å². The summed E-state index contributed by atoms with van der Waals surface area (Å²) in [5, 5.41) is 0.171. The van der Waals surface area contributed by atoms with Crippen LogP contribution < -0.4 is 19.1 Å². The molecule has 0 radical (unpaired) electrons. The third-order valence-corrected chi connectivity index (χ3v) is 6.47. The summed E-state index contributed by atoms with van der Waals surface area (Å²) in [5.74, 6) is 0.874. The summed E-state index contributed by atoms with van der Waals surface area (Å²) >= 11 is 5.63. The highest BCUT2D eigenvalue weighted by Gasteiger charge is 2.40. The van der Waals surface area contributed by atoms with Gasteiger partial charge in [-0.3, -0.25) is 14.5 Å². The standard InChI is InChI=1S/C30H30N2O6S/c1-5-37-27-17-22(10-15-26(27)38-19-21-8-6-20(2)7-9-21)16-25-29(34)32(23-11-13-24(35-3)14-12-23)30(39)31(25)18-28(33)36-4/h6-17H,5,18-19H2,1-4H3/b25-16-. The van der Waals surface area contributed by atoms with Gasteiger partial charge < -0.3 is 23.8 Å². The zero-order chi connectivity index (χ0) is 27.9. The second-order valence-corrected chi connectivity index (χ2v) is 9.09. The minimum absolute atomic E-state index is 0.171. The highest BCUT2D eigenvalue weighted by Crippen LogP contribution is 2.33. The molecule has 0 aromatic heterocycles. The summed E-state index contributed by atoms with van der Waals surface area (Å²) in [6.45, 7) is 4.53. The molecule has 1 fully saturated rings. The highest BCUT2D eigenvalue weighted by molar-refractivity contribution is 7.80. The Morgan fingerprint density at radius 3 is 2.31 bits per heavy atom. The third kappa shape index (κ3) is 6.38. The molecule has 39 heavy (non-hydrogen) atoms. The molecule has 202 valence electrons. The van der Waals surface area contributed by atoms with E-state index in [0.717, 1.165) is 5.56 Å². The quantitative estimate of drug-likeness (QED) is 0.197. The molecule has 3 aromatic rings. The molecule has 8 nitrogen and oxygen atoms in total. The highest BCUT2D eigenvalue weighted by atomic mass is 32.1. The van der Waals surface area contributed by atoms with Gasteiger partial charge in [0.05, 0.1) is 26.5 Å². The number of hydrogen-bond donors (Lipinski definition) is 0. The lowest BCUT2D eigenvalue weighted by molar-refractivity contribution is -0.140. The smallest absolute Gasteiger partial charge is 0.325 e. The van der Waals surface area contributed by atoms with E-state index in [-0.39, 0.29) is 23.3 Å². The van der Waals surface area contributed by atoms with E-state index in [4.69, 9.17) is 31.2 Å². The van der Waals surface area contributed by atoms with Gasteiger partial charge in [-0.2, -0.15) is 0 Å². The number of anilines is 1. The molecule has 4 rings (SSSR count). The molecule has 0 bridgehead atoms. The van der Waals surface area contributed by atoms with E-state index in [2.05, 4.69) is 0 Å². The van der Waals surface area contributed by atoms with Crippen molar-refractivity contribution < 1.29 is 28.5 Å². The van der Waals surface area contributed by atoms with Crippen molar-refractivity contribution in [3.8, 4) is 17.2 Å². The summed E-state index contributed by atoms with van der Waals surface area (Å²) in [6.07, 6.45) is 1.67. The SMILES string of the molecule is CCOc1cc(/C=C2/C(=O)N(c3ccc(OC)cc3)C(=S)N2CC(=O)OC)ccc1OCc1ccc(C)cc1. The van der Waals surface area contributed by atoms with Gasteiger partial charge in [-0.1, -0.05) is 35.9 Å². The average Bonchev–Trinajstić information content (AvgIpc) is 3.17. The number of nitrogens with zero attached hydrogens (tertiary/aromatic N) is 2. The summed E-state index contributed by atoms with van der Waals surface area (Å²) in [4.78, 5) is 28.7. The Hall–Kier alpha value is -4.37. The topological polar surface area (TPSA) is 77.5 Å². The molecule has 0 spiro atoms. The predicted molar refractivity (Wildman–Crippen MR) is 153 cm³/mol. The van der Waals surface area contributed by atoms with Crippen molar-refractivity contribution in [3.05, 3.63) is 89.1 Å². The molecular formula is C30H30N2O6S. The molecule has 0 atom stereocenters. The molecule has 1 aliphatic heterocycles. The monoisotopic (exact) mass is 546 g/mol. The molecule has 3 aromatic carbocycles. The normalized spacial score (nSPS) is 14.1. The van der Waals surface area contributed by atoms with Crippen molar-refractivity contribution in [1.82, 2.24) is 4.90 Å². The molecule has 1 heterocycles. The number of amides is 1. The number of aryl methyl sites for hydroxylation is 1. The maximum absolute atomic E-state index is 13.6. The maximum atomic E-state index is 13.6. The van der Waals surface area contributed by atoms with E-state index in [1.54, 1.807) is 49.6 Å². The van der Waals surface area contributed by atoms with E-state index in [9.17, 15) is 9.59 Å². The molecule has 0 saturated carbocycles. The third-order valence-electron chi connectivity index (χ3n) is 6.07. The summed E-state index contributed by atoms with van der Waals surface area (Å²) in [5.41, 5.74) is 3.69. The zero-order valence-corrected chi connectivity index (χ0v) is 23.1. The molecule has 9 heteroatoms. The first-order valence-corrected chi connectivity index (χ1v) is 12.8. The fourth-order valence-electron chi connectivity index (χ4n) is 3.99. The molecule has 1 amide bonds. The molecular weight excluding hydrogens is 516 g/mol. The molecule has 0 aliphatic carbocycles. The van der Waals surface area contributed by atoms with Crippen LogP contribution in [0.5, 0.6) is 17.2 Å². The van der Waals surface area contributed by atoms with E-state index in [1.807, 2.05) is 44.2 Å². The zero-order valence-electron chi connectivity index (χ0n) is 22.3. The predicted octanol–water partition coefficient (Wildman–Crippen LogP) is 5.13. The number of methoxy groups -OCH3 is 2. The fourth-order valence-corrected chi connectivity index (χ4v) is 4.34. The van der Waals surface area contributed by atoms with Gasteiger partial charge in [-0.15, -0.1) is 0 Å². The van der Waals surface area contributed by atoms with Crippen LogP contribution in [-0.4, -0.2) is 49.3 Å². The van der Waals surface area contributed by atoms with Crippen molar-refractivity contribution in [2.75, 3.05) is 32.3 Å². The number of hydrogen-bond acceptors (Lipinski definition) is 7. The van der Waals surface area contributed by atoms with E-state index >= 15 is 0 Å². The van der Waals surface area contributed by atoms with Crippen molar-refractivity contribution in [3.63, 3.8) is 0 Å². The van der Waals surface area contributed by atoms with Crippen LogP contribution >= 0.6 is 12.2 Å². The molecule has 0 unspecified atom stereocenters. The Bertz CT molecular complexity index is 1390. The van der Waals surface area contributed by atoms with Gasteiger partial charge >= 0.3 is 5.97 Å². The second-order valence-electron chi connectivity index (χ2n) is 8.73. The largest absolute Gasteiger partial charge is 0.497 e. The van der Waals surface area contributed by atoms with Crippen LogP contribution in [0.1, 0.15) is 23.6 Å². The van der Waals surface area contributed by atoms with Gasteiger partial charge in [0.2, 0.25) is 0 Å². The lowest BCUT2D eigenvalue weighted by atomic mass is 10.1. The average molecular weight is 547 g/mol. The Balaban J connectivity index is 1.65. The summed E-state index contributed by atoms with van der Waals surface area (Å²) in [6, 6.07) is 20.5. The van der Waals surface area contributed by atoms with Crippen LogP contribution in [0.3, 0.4) is 0 Å². The van der Waals surface area contributed by atoms with Crippen LogP contribution in [0.15, 0.2) is 72.4 Å².